The second kappa shape index (κ2) is 9.15. The highest BCUT2D eigenvalue weighted by atomic mass is 35.5. The molecule has 2 aromatic heterocycles. The van der Waals surface area contributed by atoms with Crippen molar-refractivity contribution >= 4 is 23.4 Å². The Labute approximate surface area is 176 Å². The first-order chi connectivity index (χ1) is 13.9. The van der Waals surface area contributed by atoms with Crippen LogP contribution in [0.25, 0.3) is 0 Å². The SMILES string of the molecule is C=CCn1c(COc2ccc(Cl)cc2)nnc1SCc1cc(=O)n(C)c(=O)n1C. The molecule has 0 saturated carbocycles. The quantitative estimate of drug-likeness (QED) is 0.400. The minimum absolute atomic E-state index is 0.230. The molecule has 0 radical (unpaired) electrons. The molecule has 2 heterocycles. The van der Waals surface area contributed by atoms with Crippen LogP contribution >= 0.6 is 23.4 Å². The summed E-state index contributed by atoms with van der Waals surface area (Å²) in [6.07, 6.45) is 1.74. The summed E-state index contributed by atoms with van der Waals surface area (Å²) in [5.74, 6) is 1.71. The maximum absolute atomic E-state index is 12.1. The second-order valence-electron chi connectivity index (χ2n) is 6.20. The van der Waals surface area contributed by atoms with Gasteiger partial charge in [-0.25, -0.2) is 4.79 Å². The molecule has 0 spiro atoms. The van der Waals surface area contributed by atoms with Crippen LogP contribution in [0.15, 0.2) is 57.7 Å². The molecule has 0 bridgehead atoms. The van der Waals surface area contributed by atoms with Crippen molar-refractivity contribution in [1.29, 1.82) is 0 Å². The van der Waals surface area contributed by atoms with Gasteiger partial charge in [0, 0.05) is 43.2 Å². The van der Waals surface area contributed by atoms with Gasteiger partial charge in [0.05, 0.1) is 0 Å². The maximum Gasteiger partial charge on any atom is 0.330 e. The lowest BCUT2D eigenvalue weighted by Gasteiger charge is -2.11. The van der Waals surface area contributed by atoms with Crippen molar-refractivity contribution in [2.24, 2.45) is 14.1 Å². The lowest BCUT2D eigenvalue weighted by molar-refractivity contribution is 0.289. The summed E-state index contributed by atoms with van der Waals surface area (Å²) in [5, 5.41) is 9.72. The largest absolute Gasteiger partial charge is 0.486 e. The monoisotopic (exact) mass is 433 g/mol. The number of hydrogen-bond donors (Lipinski definition) is 0. The van der Waals surface area contributed by atoms with Crippen molar-refractivity contribution in [2.45, 2.75) is 24.1 Å². The molecule has 0 saturated heterocycles. The predicted octanol–water partition coefficient (Wildman–Crippen LogP) is 2.39. The molecule has 3 rings (SSSR count). The number of ether oxygens (including phenoxy) is 1. The molecule has 3 aromatic rings. The summed E-state index contributed by atoms with van der Waals surface area (Å²) in [7, 11) is 3.09. The number of thioether (sulfide) groups is 1. The van der Waals surface area contributed by atoms with Gasteiger partial charge in [0.2, 0.25) is 0 Å². The van der Waals surface area contributed by atoms with Gasteiger partial charge in [-0.15, -0.1) is 16.8 Å². The predicted molar refractivity (Wildman–Crippen MR) is 112 cm³/mol. The summed E-state index contributed by atoms with van der Waals surface area (Å²) in [6, 6.07) is 8.51. The van der Waals surface area contributed by atoms with Crippen molar-refractivity contribution < 1.29 is 4.74 Å². The Kier molecular flexibility index (Phi) is 6.60. The summed E-state index contributed by atoms with van der Waals surface area (Å²) in [5.41, 5.74) is -0.0961. The fraction of sp³-hybridized carbons (Fsp3) is 0.263. The number of aromatic nitrogens is 5. The van der Waals surface area contributed by atoms with Gasteiger partial charge in [-0.05, 0) is 24.3 Å². The zero-order valence-corrected chi connectivity index (χ0v) is 17.6. The second-order valence-corrected chi connectivity index (χ2v) is 7.58. The maximum atomic E-state index is 12.1. The number of halogens is 1. The van der Waals surface area contributed by atoms with Gasteiger partial charge in [0.25, 0.3) is 5.56 Å². The standard InChI is InChI=1S/C19H20ClN5O3S/c1-4-9-25-16(11-28-15-7-5-13(20)6-8-15)21-22-18(25)29-12-14-10-17(26)24(3)19(27)23(14)2/h4-8,10H,1,9,11-12H2,2-3H3. The third-order valence-corrected chi connectivity index (χ3v) is 5.51. The van der Waals surface area contributed by atoms with E-state index in [9.17, 15) is 9.59 Å². The van der Waals surface area contributed by atoms with Gasteiger partial charge < -0.3 is 4.74 Å². The molecule has 0 fully saturated rings. The molecule has 0 aliphatic heterocycles. The van der Waals surface area contributed by atoms with E-state index in [1.165, 1.54) is 29.4 Å². The van der Waals surface area contributed by atoms with Gasteiger partial charge >= 0.3 is 5.69 Å². The molecule has 0 amide bonds. The van der Waals surface area contributed by atoms with E-state index in [2.05, 4.69) is 16.8 Å². The molecule has 8 nitrogen and oxygen atoms in total. The molecule has 0 unspecified atom stereocenters. The lowest BCUT2D eigenvalue weighted by Crippen LogP contribution is -2.37. The molecule has 0 aliphatic carbocycles. The zero-order valence-electron chi connectivity index (χ0n) is 16.0. The molecule has 29 heavy (non-hydrogen) atoms. The van der Waals surface area contributed by atoms with Crippen LogP contribution in [0.1, 0.15) is 11.5 Å². The van der Waals surface area contributed by atoms with E-state index in [0.717, 1.165) is 4.57 Å². The molecule has 0 aliphatic rings. The van der Waals surface area contributed by atoms with Crippen LogP contribution in [-0.4, -0.2) is 23.9 Å². The van der Waals surface area contributed by atoms with Gasteiger partial charge in [-0.2, -0.15) is 0 Å². The number of benzene rings is 1. The van der Waals surface area contributed by atoms with Crippen LogP contribution in [0.4, 0.5) is 0 Å². The van der Waals surface area contributed by atoms with Crippen LogP contribution in [-0.2, 0) is 33.0 Å². The first kappa shape index (κ1) is 20.9. The van der Waals surface area contributed by atoms with Crippen LogP contribution in [0.3, 0.4) is 0 Å². The van der Waals surface area contributed by atoms with Crippen molar-refractivity contribution in [3.63, 3.8) is 0 Å². The Morgan fingerprint density at radius 2 is 1.90 bits per heavy atom. The van der Waals surface area contributed by atoms with Gasteiger partial charge in [-0.1, -0.05) is 29.4 Å². The van der Waals surface area contributed by atoms with Crippen molar-refractivity contribution in [2.75, 3.05) is 0 Å². The Morgan fingerprint density at radius 3 is 2.59 bits per heavy atom. The van der Waals surface area contributed by atoms with E-state index >= 15 is 0 Å². The summed E-state index contributed by atoms with van der Waals surface area (Å²) < 4.78 is 10.2. The van der Waals surface area contributed by atoms with Gasteiger partial charge in [0.15, 0.2) is 11.0 Å². The lowest BCUT2D eigenvalue weighted by atomic mass is 10.3. The fourth-order valence-corrected chi connectivity index (χ4v) is 3.69. The van der Waals surface area contributed by atoms with Crippen LogP contribution < -0.4 is 16.0 Å². The molecule has 152 valence electrons. The smallest absolute Gasteiger partial charge is 0.330 e. The number of allylic oxidation sites excluding steroid dienone is 1. The normalized spacial score (nSPS) is 10.9. The minimum Gasteiger partial charge on any atom is -0.486 e. The third-order valence-electron chi connectivity index (χ3n) is 4.26. The minimum atomic E-state index is -0.363. The molecule has 10 heteroatoms. The van der Waals surface area contributed by atoms with E-state index in [1.54, 1.807) is 37.4 Å². The highest BCUT2D eigenvalue weighted by Crippen LogP contribution is 2.22. The van der Waals surface area contributed by atoms with E-state index in [4.69, 9.17) is 16.3 Å². The van der Waals surface area contributed by atoms with Crippen molar-refractivity contribution in [3.05, 3.63) is 80.4 Å². The average molecular weight is 434 g/mol. The average Bonchev–Trinajstić information content (AvgIpc) is 3.09. The van der Waals surface area contributed by atoms with E-state index in [-0.39, 0.29) is 17.9 Å². The fourth-order valence-electron chi connectivity index (χ4n) is 2.58. The van der Waals surface area contributed by atoms with Crippen molar-refractivity contribution in [3.8, 4) is 5.75 Å². The van der Waals surface area contributed by atoms with E-state index in [0.29, 0.717) is 39.7 Å². The van der Waals surface area contributed by atoms with Crippen LogP contribution in [0, 0.1) is 0 Å². The molecular weight excluding hydrogens is 414 g/mol. The summed E-state index contributed by atoms with van der Waals surface area (Å²) in [6.45, 7) is 4.51. The summed E-state index contributed by atoms with van der Waals surface area (Å²) >= 11 is 7.27. The molecule has 0 N–H and O–H groups in total. The van der Waals surface area contributed by atoms with E-state index < -0.39 is 0 Å². The van der Waals surface area contributed by atoms with E-state index in [1.807, 2.05) is 4.57 Å². The number of rotatable bonds is 8. The summed E-state index contributed by atoms with van der Waals surface area (Å²) in [4.78, 5) is 24.0. The highest BCUT2D eigenvalue weighted by molar-refractivity contribution is 7.98. The highest BCUT2D eigenvalue weighted by Gasteiger charge is 2.14. The number of nitrogens with zero attached hydrogens (tertiary/aromatic N) is 5. The zero-order chi connectivity index (χ0) is 21.0. The Hall–Kier alpha value is -2.78. The van der Waals surface area contributed by atoms with Gasteiger partial charge in [-0.3, -0.25) is 18.5 Å². The first-order valence-corrected chi connectivity index (χ1v) is 10.1. The molecular formula is C19H20ClN5O3S. The topological polar surface area (TPSA) is 83.9 Å². The van der Waals surface area contributed by atoms with Crippen LogP contribution in [0.2, 0.25) is 5.02 Å². The Balaban J connectivity index is 1.76. The molecule has 0 atom stereocenters. The van der Waals surface area contributed by atoms with Crippen LogP contribution in [0.5, 0.6) is 5.75 Å². The Bertz CT molecular complexity index is 1130. The first-order valence-electron chi connectivity index (χ1n) is 8.70. The van der Waals surface area contributed by atoms with Crippen molar-refractivity contribution in [1.82, 2.24) is 23.9 Å². The van der Waals surface area contributed by atoms with Gasteiger partial charge in [0.1, 0.15) is 12.4 Å². The molecule has 1 aromatic carbocycles. The third kappa shape index (κ3) is 4.80. The Morgan fingerprint density at radius 1 is 1.17 bits per heavy atom. The number of hydrogen-bond acceptors (Lipinski definition) is 6.